The van der Waals surface area contributed by atoms with Gasteiger partial charge in [0.15, 0.2) is 0 Å². The number of carbonyl (C=O) groups excluding carboxylic acids is 3. The smallest absolute Gasteiger partial charge is 0.273 e. The van der Waals surface area contributed by atoms with Gasteiger partial charge in [0.2, 0.25) is 5.91 Å². The molecule has 1 fully saturated rings. The molecular formula is C22H21N3O6. The number of fused-ring (bicyclic) bond motifs is 1. The van der Waals surface area contributed by atoms with E-state index < -0.39 is 16.6 Å². The van der Waals surface area contributed by atoms with Crippen LogP contribution in [0.1, 0.15) is 46.4 Å². The fourth-order valence-corrected chi connectivity index (χ4v) is 4.38. The Morgan fingerprint density at radius 1 is 1.10 bits per heavy atom. The number of aromatic hydroxyl groups is 1. The van der Waals surface area contributed by atoms with E-state index in [1.165, 1.54) is 17.0 Å². The molecule has 2 N–H and O–H groups in total. The van der Waals surface area contributed by atoms with E-state index in [0.29, 0.717) is 24.0 Å². The fraction of sp³-hybridized carbons (Fsp3) is 0.318. The summed E-state index contributed by atoms with van der Waals surface area (Å²) in [6.45, 7) is 0.149. The van der Waals surface area contributed by atoms with E-state index in [9.17, 15) is 29.6 Å². The SMILES string of the molecule is O=C(Nc1ccc([N+](=O)[O-])cc1O)C1CCCCC1CN1C(=O)c2ccccc2C1=O. The van der Waals surface area contributed by atoms with Crippen LogP contribution in [0.3, 0.4) is 0 Å². The summed E-state index contributed by atoms with van der Waals surface area (Å²) >= 11 is 0. The van der Waals surface area contributed by atoms with E-state index in [1.807, 2.05) is 0 Å². The summed E-state index contributed by atoms with van der Waals surface area (Å²) in [5.41, 5.74) is 0.553. The van der Waals surface area contributed by atoms with Gasteiger partial charge in [-0.25, -0.2) is 0 Å². The molecule has 9 heteroatoms. The predicted octanol–water partition coefficient (Wildman–Crippen LogP) is 3.34. The van der Waals surface area contributed by atoms with Gasteiger partial charge in [-0.1, -0.05) is 25.0 Å². The summed E-state index contributed by atoms with van der Waals surface area (Å²) in [7, 11) is 0. The molecule has 160 valence electrons. The van der Waals surface area contributed by atoms with Crippen molar-refractivity contribution in [2.24, 2.45) is 11.8 Å². The summed E-state index contributed by atoms with van der Waals surface area (Å²) in [6, 6.07) is 10.1. The van der Waals surface area contributed by atoms with Crippen molar-refractivity contribution in [3.8, 4) is 5.75 Å². The van der Waals surface area contributed by atoms with Crippen LogP contribution in [0.4, 0.5) is 11.4 Å². The molecule has 31 heavy (non-hydrogen) atoms. The molecule has 1 saturated carbocycles. The van der Waals surface area contributed by atoms with Gasteiger partial charge in [-0.15, -0.1) is 0 Å². The number of nitrogens with one attached hydrogen (secondary N) is 1. The van der Waals surface area contributed by atoms with Crippen molar-refractivity contribution in [1.29, 1.82) is 0 Å². The van der Waals surface area contributed by atoms with Crippen molar-refractivity contribution in [3.05, 3.63) is 63.7 Å². The zero-order valence-electron chi connectivity index (χ0n) is 16.6. The summed E-state index contributed by atoms with van der Waals surface area (Å²) < 4.78 is 0. The number of nitro benzene ring substituents is 1. The first-order valence-electron chi connectivity index (χ1n) is 10.1. The number of nitro groups is 1. The van der Waals surface area contributed by atoms with Gasteiger partial charge in [0.25, 0.3) is 17.5 Å². The molecule has 9 nitrogen and oxygen atoms in total. The average molecular weight is 423 g/mol. The number of benzene rings is 2. The van der Waals surface area contributed by atoms with Crippen LogP contribution in [0.5, 0.6) is 5.75 Å². The first-order chi connectivity index (χ1) is 14.9. The number of phenolic OH excluding ortho intramolecular Hbond substituents is 1. The normalized spacial score (nSPS) is 20.5. The van der Waals surface area contributed by atoms with Crippen molar-refractivity contribution >= 4 is 29.1 Å². The lowest BCUT2D eigenvalue weighted by Gasteiger charge is -2.32. The molecule has 2 atom stereocenters. The fourth-order valence-electron chi connectivity index (χ4n) is 4.38. The van der Waals surface area contributed by atoms with Crippen molar-refractivity contribution < 1.29 is 24.4 Å². The lowest BCUT2D eigenvalue weighted by atomic mass is 9.78. The van der Waals surface area contributed by atoms with Crippen LogP contribution >= 0.6 is 0 Å². The number of hydrogen-bond acceptors (Lipinski definition) is 6. The molecule has 3 amide bonds. The molecule has 2 aromatic carbocycles. The number of carbonyl (C=O) groups is 3. The van der Waals surface area contributed by atoms with Gasteiger partial charge < -0.3 is 10.4 Å². The van der Waals surface area contributed by atoms with Gasteiger partial charge in [-0.05, 0) is 37.0 Å². The summed E-state index contributed by atoms with van der Waals surface area (Å²) in [5, 5.41) is 23.5. The van der Waals surface area contributed by atoms with Crippen LogP contribution in [0.15, 0.2) is 42.5 Å². The Kier molecular flexibility index (Phi) is 5.41. The number of imide groups is 1. The molecule has 2 unspecified atom stereocenters. The lowest BCUT2D eigenvalue weighted by molar-refractivity contribution is -0.384. The van der Waals surface area contributed by atoms with Gasteiger partial charge in [0.05, 0.1) is 27.8 Å². The first-order valence-corrected chi connectivity index (χ1v) is 10.1. The Labute approximate surface area is 177 Å². The Morgan fingerprint density at radius 2 is 1.74 bits per heavy atom. The second-order valence-corrected chi connectivity index (χ2v) is 7.87. The molecule has 0 spiro atoms. The number of phenols is 1. The molecule has 2 aromatic rings. The number of hydrogen-bond donors (Lipinski definition) is 2. The van der Waals surface area contributed by atoms with E-state index in [2.05, 4.69) is 5.32 Å². The zero-order valence-corrected chi connectivity index (χ0v) is 16.6. The maximum absolute atomic E-state index is 13.0. The molecule has 0 bridgehead atoms. The van der Waals surface area contributed by atoms with Crippen molar-refractivity contribution in [2.45, 2.75) is 25.7 Å². The van der Waals surface area contributed by atoms with E-state index in [-0.39, 0.29) is 41.6 Å². The minimum atomic E-state index is -0.634. The Bertz CT molecular complexity index is 1050. The minimum Gasteiger partial charge on any atom is -0.506 e. The van der Waals surface area contributed by atoms with Gasteiger partial charge in [-0.2, -0.15) is 0 Å². The number of amides is 3. The second-order valence-electron chi connectivity index (χ2n) is 7.87. The third-order valence-corrected chi connectivity index (χ3v) is 5.99. The predicted molar refractivity (Wildman–Crippen MR) is 111 cm³/mol. The molecule has 2 aliphatic rings. The van der Waals surface area contributed by atoms with Gasteiger partial charge in [-0.3, -0.25) is 29.4 Å². The molecule has 1 aliphatic heterocycles. The van der Waals surface area contributed by atoms with Crippen molar-refractivity contribution in [2.75, 3.05) is 11.9 Å². The molecular weight excluding hydrogens is 402 g/mol. The van der Waals surface area contributed by atoms with Crippen LogP contribution in [0.25, 0.3) is 0 Å². The van der Waals surface area contributed by atoms with Crippen molar-refractivity contribution in [1.82, 2.24) is 4.90 Å². The average Bonchev–Trinajstić information content (AvgIpc) is 3.00. The number of non-ortho nitro benzene ring substituents is 1. The van der Waals surface area contributed by atoms with E-state index in [1.54, 1.807) is 24.3 Å². The maximum atomic E-state index is 13.0. The molecule has 1 aliphatic carbocycles. The highest BCUT2D eigenvalue weighted by molar-refractivity contribution is 6.21. The summed E-state index contributed by atoms with van der Waals surface area (Å²) in [5.74, 6) is -2.10. The van der Waals surface area contributed by atoms with E-state index >= 15 is 0 Å². The quantitative estimate of drug-likeness (QED) is 0.328. The third-order valence-electron chi connectivity index (χ3n) is 5.99. The van der Waals surface area contributed by atoms with E-state index in [4.69, 9.17) is 0 Å². The van der Waals surface area contributed by atoms with Crippen LogP contribution in [-0.4, -0.2) is 39.2 Å². The standard InChI is InChI=1S/C22H21N3O6/c26-19-11-14(25(30)31)9-10-18(19)23-20(27)15-6-2-1-5-13(15)12-24-21(28)16-7-3-4-8-17(16)22(24)29/h3-4,7-11,13,15,26H,1-2,5-6,12H2,(H,23,27). The Hall–Kier alpha value is -3.75. The van der Waals surface area contributed by atoms with Crippen LogP contribution in [0.2, 0.25) is 0 Å². The molecule has 1 heterocycles. The number of rotatable bonds is 5. The molecule has 4 rings (SSSR count). The summed E-state index contributed by atoms with van der Waals surface area (Å²) in [4.78, 5) is 49.8. The molecule has 0 saturated heterocycles. The highest BCUT2D eigenvalue weighted by atomic mass is 16.6. The summed E-state index contributed by atoms with van der Waals surface area (Å²) in [6.07, 6.45) is 3.01. The van der Waals surface area contributed by atoms with Crippen LogP contribution in [-0.2, 0) is 4.79 Å². The monoisotopic (exact) mass is 423 g/mol. The highest BCUT2D eigenvalue weighted by Crippen LogP contribution is 2.35. The highest BCUT2D eigenvalue weighted by Gasteiger charge is 2.40. The minimum absolute atomic E-state index is 0.0839. The topological polar surface area (TPSA) is 130 Å². The third kappa shape index (κ3) is 3.86. The van der Waals surface area contributed by atoms with Crippen molar-refractivity contribution in [3.63, 3.8) is 0 Å². The van der Waals surface area contributed by atoms with Gasteiger partial charge in [0, 0.05) is 18.5 Å². The second kappa shape index (κ2) is 8.17. The maximum Gasteiger partial charge on any atom is 0.273 e. The van der Waals surface area contributed by atoms with Gasteiger partial charge >= 0.3 is 0 Å². The Morgan fingerprint density at radius 3 is 2.35 bits per heavy atom. The van der Waals surface area contributed by atoms with Gasteiger partial charge in [0.1, 0.15) is 5.75 Å². The molecule has 0 radical (unpaired) electrons. The van der Waals surface area contributed by atoms with E-state index in [0.717, 1.165) is 18.9 Å². The lowest BCUT2D eigenvalue weighted by Crippen LogP contribution is -2.41. The van der Waals surface area contributed by atoms with Crippen LogP contribution < -0.4 is 5.32 Å². The largest absolute Gasteiger partial charge is 0.506 e. The zero-order chi connectivity index (χ0) is 22.1. The van der Waals surface area contributed by atoms with Crippen LogP contribution in [0, 0.1) is 22.0 Å². The number of anilines is 1. The Balaban J connectivity index is 1.49. The number of nitrogens with zero attached hydrogens (tertiary/aromatic N) is 2. The molecule has 0 aromatic heterocycles. The first kappa shape index (κ1) is 20.5.